The predicted molar refractivity (Wildman–Crippen MR) is 187 cm³/mol. The van der Waals surface area contributed by atoms with Gasteiger partial charge in [-0.05, 0) is 72.6 Å². The second kappa shape index (κ2) is 14.4. The van der Waals surface area contributed by atoms with Crippen LogP contribution >= 0.6 is 0 Å². The van der Waals surface area contributed by atoms with E-state index in [1.165, 1.54) is 0 Å². The summed E-state index contributed by atoms with van der Waals surface area (Å²) in [4.78, 5) is 15.9. The van der Waals surface area contributed by atoms with Gasteiger partial charge in [0.2, 0.25) is 5.89 Å². The number of benzene rings is 5. The summed E-state index contributed by atoms with van der Waals surface area (Å²) in [5, 5.41) is 11.3. The van der Waals surface area contributed by atoms with Crippen molar-refractivity contribution in [2.45, 2.75) is 26.7 Å². The first-order valence-corrected chi connectivity index (χ1v) is 15.2. The molecule has 7 rings (SSSR count). The normalized spacial score (nSPS) is 11.0. The number of oxazole rings is 1. The van der Waals surface area contributed by atoms with Crippen molar-refractivity contribution in [2.24, 2.45) is 0 Å². The Morgan fingerprint density at radius 2 is 1.48 bits per heavy atom. The van der Waals surface area contributed by atoms with Crippen LogP contribution in [-0.2, 0) is 19.8 Å². The molecule has 5 aromatic carbocycles. The molecule has 7 aromatic rings. The zero-order chi connectivity index (χ0) is 32.3. The minimum atomic E-state index is -0.950. The van der Waals surface area contributed by atoms with Crippen LogP contribution in [0.25, 0.3) is 33.3 Å². The minimum absolute atomic E-state index is 0. The molecule has 2 heterocycles. The molecule has 48 heavy (non-hydrogen) atoms. The van der Waals surface area contributed by atoms with Gasteiger partial charge >= 0.3 is 35.5 Å². The molecular formula is C39H33N2NaO6. The summed E-state index contributed by atoms with van der Waals surface area (Å²) < 4.78 is 26.4. The number of carbonyl (C=O) groups is 1. The maximum absolute atomic E-state index is 11.2. The molecule has 0 fully saturated rings. The standard InChI is InChI=1S/C39H32N2O6.Na.H/c1-25-31(40-38(47-25)28-9-4-3-5-10-28)24-46-34-20-17-27(21-36(34)44-2)22-41-32-12-7-6-11-30(32)37-33(41)13-8-14-35(37)45-23-26-15-18-29(19-16-26)39(42)43;;/h3-21H,22-24H2,1-2H3,(H,42,43);;. The number of rotatable bonds is 11. The zero-order valence-corrected chi connectivity index (χ0v) is 26.0. The van der Waals surface area contributed by atoms with Crippen molar-refractivity contribution in [3.63, 3.8) is 0 Å². The van der Waals surface area contributed by atoms with E-state index in [-0.39, 0.29) is 41.7 Å². The fourth-order valence-corrected chi connectivity index (χ4v) is 5.79. The van der Waals surface area contributed by atoms with Crippen molar-refractivity contribution >= 4 is 57.3 Å². The van der Waals surface area contributed by atoms with Gasteiger partial charge in [0, 0.05) is 28.4 Å². The second-order valence-electron chi connectivity index (χ2n) is 11.2. The molecule has 0 aliphatic heterocycles. The van der Waals surface area contributed by atoms with Gasteiger partial charge in [-0.2, -0.15) is 0 Å². The van der Waals surface area contributed by atoms with E-state index in [1.807, 2.05) is 79.7 Å². The van der Waals surface area contributed by atoms with Gasteiger partial charge < -0.3 is 28.3 Å². The van der Waals surface area contributed by atoms with Crippen LogP contribution < -0.4 is 14.2 Å². The van der Waals surface area contributed by atoms with Crippen LogP contribution in [0.5, 0.6) is 17.2 Å². The number of aromatic carboxylic acids is 1. The Morgan fingerprint density at radius 1 is 0.771 bits per heavy atom. The first-order chi connectivity index (χ1) is 23.0. The molecule has 8 nitrogen and oxygen atoms in total. The summed E-state index contributed by atoms with van der Waals surface area (Å²) in [5.41, 5.74) is 5.96. The molecule has 0 bridgehead atoms. The monoisotopic (exact) mass is 648 g/mol. The number of hydrogen-bond acceptors (Lipinski definition) is 6. The number of hydrogen-bond donors (Lipinski definition) is 1. The van der Waals surface area contributed by atoms with E-state index in [1.54, 1.807) is 31.4 Å². The third-order valence-electron chi connectivity index (χ3n) is 8.20. The van der Waals surface area contributed by atoms with E-state index in [4.69, 9.17) is 18.6 Å². The van der Waals surface area contributed by atoms with Crippen molar-refractivity contribution in [3.05, 3.63) is 143 Å². The van der Waals surface area contributed by atoms with E-state index in [2.05, 4.69) is 27.8 Å². The Labute approximate surface area is 299 Å². The van der Waals surface area contributed by atoms with Crippen molar-refractivity contribution in [1.82, 2.24) is 9.55 Å². The second-order valence-corrected chi connectivity index (χ2v) is 11.2. The van der Waals surface area contributed by atoms with Gasteiger partial charge in [0.1, 0.15) is 30.4 Å². The quantitative estimate of drug-likeness (QED) is 0.142. The van der Waals surface area contributed by atoms with Crippen LogP contribution in [0.4, 0.5) is 0 Å². The molecule has 9 heteroatoms. The first kappa shape index (κ1) is 32.9. The van der Waals surface area contributed by atoms with Crippen molar-refractivity contribution in [3.8, 4) is 28.7 Å². The molecular weight excluding hydrogens is 615 g/mol. The summed E-state index contributed by atoms with van der Waals surface area (Å²) in [5.74, 6) is 2.34. The average Bonchev–Trinajstić information content (AvgIpc) is 3.64. The molecule has 0 saturated heterocycles. The molecule has 0 aliphatic carbocycles. The van der Waals surface area contributed by atoms with Gasteiger partial charge in [-0.15, -0.1) is 0 Å². The number of aromatic nitrogens is 2. The summed E-state index contributed by atoms with van der Waals surface area (Å²) in [6.07, 6.45) is 0. The average molecular weight is 649 g/mol. The van der Waals surface area contributed by atoms with Crippen molar-refractivity contribution in [1.29, 1.82) is 0 Å². The Hall–Kier alpha value is -5.02. The molecule has 0 atom stereocenters. The van der Waals surface area contributed by atoms with E-state index in [0.29, 0.717) is 36.3 Å². The van der Waals surface area contributed by atoms with Crippen LogP contribution in [0, 0.1) is 6.92 Å². The van der Waals surface area contributed by atoms with Gasteiger partial charge in [-0.3, -0.25) is 0 Å². The van der Waals surface area contributed by atoms with Crippen LogP contribution in [0.2, 0.25) is 0 Å². The first-order valence-electron chi connectivity index (χ1n) is 15.2. The van der Waals surface area contributed by atoms with E-state index in [9.17, 15) is 9.90 Å². The molecule has 0 unspecified atom stereocenters. The fraction of sp³-hybridized carbons (Fsp3) is 0.128. The topological polar surface area (TPSA) is 96.0 Å². The number of ether oxygens (including phenoxy) is 3. The van der Waals surface area contributed by atoms with E-state index >= 15 is 0 Å². The summed E-state index contributed by atoms with van der Waals surface area (Å²) in [6, 6.07) is 36.9. The Balaban J connectivity index is 0.00000401. The summed E-state index contributed by atoms with van der Waals surface area (Å²) in [7, 11) is 1.64. The molecule has 0 saturated carbocycles. The molecule has 0 spiro atoms. The van der Waals surface area contributed by atoms with E-state index < -0.39 is 5.97 Å². The Kier molecular flexibility index (Phi) is 9.87. The summed E-state index contributed by atoms with van der Waals surface area (Å²) >= 11 is 0. The molecule has 0 aliphatic rings. The SMILES string of the molecule is COc1cc(Cn2c3ccccc3c3c(OCc4ccc(C(=O)O)cc4)cccc32)ccc1OCc1nc(-c2ccccc2)oc1C.[NaH]. The number of para-hydroxylation sites is 1. The molecule has 0 amide bonds. The number of fused-ring (bicyclic) bond motifs is 3. The van der Waals surface area contributed by atoms with E-state index in [0.717, 1.165) is 49.9 Å². The third-order valence-corrected chi connectivity index (χ3v) is 8.20. The van der Waals surface area contributed by atoms with Gasteiger partial charge in [-0.1, -0.05) is 60.7 Å². The molecule has 0 radical (unpaired) electrons. The van der Waals surface area contributed by atoms with Crippen LogP contribution in [0.15, 0.2) is 120 Å². The zero-order valence-electron chi connectivity index (χ0n) is 26.0. The predicted octanol–water partition coefficient (Wildman–Crippen LogP) is 8.02. The number of carboxylic acids is 1. The van der Waals surface area contributed by atoms with Crippen LogP contribution in [0.1, 0.15) is 32.9 Å². The number of carboxylic acid groups (broad SMARTS) is 1. The van der Waals surface area contributed by atoms with Crippen LogP contribution in [0.3, 0.4) is 0 Å². The number of methoxy groups -OCH3 is 1. The molecule has 2 aromatic heterocycles. The Bertz CT molecular complexity index is 2210. The molecule has 236 valence electrons. The fourth-order valence-electron chi connectivity index (χ4n) is 5.79. The number of nitrogens with zero attached hydrogens (tertiary/aromatic N) is 2. The molecule has 1 N–H and O–H groups in total. The van der Waals surface area contributed by atoms with Gasteiger partial charge in [0.05, 0.1) is 18.2 Å². The number of aryl methyl sites for hydroxylation is 1. The van der Waals surface area contributed by atoms with Crippen molar-refractivity contribution < 1.29 is 28.5 Å². The maximum atomic E-state index is 11.2. The third kappa shape index (κ3) is 6.69. The summed E-state index contributed by atoms with van der Waals surface area (Å²) in [6.45, 7) is 3.05. The van der Waals surface area contributed by atoms with Crippen LogP contribution in [-0.4, -0.2) is 57.3 Å². The van der Waals surface area contributed by atoms with Gasteiger partial charge in [0.25, 0.3) is 0 Å². The van der Waals surface area contributed by atoms with Gasteiger partial charge in [0.15, 0.2) is 11.5 Å². The van der Waals surface area contributed by atoms with Gasteiger partial charge in [-0.25, -0.2) is 9.78 Å². The van der Waals surface area contributed by atoms with Crippen molar-refractivity contribution in [2.75, 3.05) is 7.11 Å². The Morgan fingerprint density at radius 3 is 2.25 bits per heavy atom.